The van der Waals surface area contributed by atoms with E-state index in [9.17, 15) is 0 Å². The van der Waals surface area contributed by atoms with Gasteiger partial charge in [0.05, 0.1) is 23.6 Å². The van der Waals surface area contributed by atoms with Crippen LogP contribution in [0.25, 0.3) is 0 Å². The minimum absolute atomic E-state index is 0.0183. The van der Waals surface area contributed by atoms with Gasteiger partial charge in [-0.2, -0.15) is 0 Å². The highest BCUT2D eigenvalue weighted by Gasteiger charge is 2.12. The Kier molecular flexibility index (Phi) is 4.24. The van der Waals surface area contributed by atoms with Gasteiger partial charge in [0.2, 0.25) is 0 Å². The highest BCUT2D eigenvalue weighted by molar-refractivity contribution is 5.30. The van der Waals surface area contributed by atoms with Gasteiger partial charge in [0.1, 0.15) is 0 Å². The highest BCUT2D eigenvalue weighted by Crippen LogP contribution is 2.17. The fourth-order valence-corrected chi connectivity index (χ4v) is 2.00. The number of aryl methyl sites for hydroxylation is 3. The number of hydrogen-bond acceptors (Lipinski definition) is 4. The molecule has 0 fully saturated rings. The van der Waals surface area contributed by atoms with Crippen LogP contribution in [-0.2, 0) is 6.42 Å². The molecule has 3 N–H and O–H groups in total. The Labute approximate surface area is 114 Å². The SMILES string of the molecule is Cc1cnc(C(Cc2ccc(C)c(C)c2)NN)cn1. The van der Waals surface area contributed by atoms with Crippen molar-refractivity contribution in [1.82, 2.24) is 15.4 Å². The zero-order valence-corrected chi connectivity index (χ0v) is 11.6. The van der Waals surface area contributed by atoms with Crippen LogP contribution < -0.4 is 11.3 Å². The third kappa shape index (κ3) is 3.36. The van der Waals surface area contributed by atoms with Crippen molar-refractivity contribution in [3.63, 3.8) is 0 Å². The first-order chi connectivity index (χ1) is 9.10. The Balaban J connectivity index is 2.18. The summed E-state index contributed by atoms with van der Waals surface area (Å²) in [6.45, 7) is 6.16. The number of benzene rings is 1. The Hall–Kier alpha value is -1.78. The van der Waals surface area contributed by atoms with E-state index in [2.05, 4.69) is 47.4 Å². The fraction of sp³-hybridized carbons (Fsp3) is 0.333. The molecule has 4 nitrogen and oxygen atoms in total. The molecule has 1 aromatic heterocycles. The molecule has 0 amide bonds. The molecule has 0 bridgehead atoms. The number of nitrogens with one attached hydrogen (secondary N) is 1. The van der Waals surface area contributed by atoms with E-state index in [1.807, 2.05) is 6.92 Å². The lowest BCUT2D eigenvalue weighted by Gasteiger charge is -2.16. The average molecular weight is 256 g/mol. The van der Waals surface area contributed by atoms with E-state index in [0.717, 1.165) is 17.8 Å². The van der Waals surface area contributed by atoms with E-state index in [1.165, 1.54) is 16.7 Å². The highest BCUT2D eigenvalue weighted by atomic mass is 15.2. The van der Waals surface area contributed by atoms with Gasteiger partial charge in [0, 0.05) is 6.20 Å². The van der Waals surface area contributed by atoms with E-state index in [1.54, 1.807) is 12.4 Å². The summed E-state index contributed by atoms with van der Waals surface area (Å²) in [7, 11) is 0. The van der Waals surface area contributed by atoms with Crippen LogP contribution in [0.4, 0.5) is 0 Å². The molecule has 0 aliphatic carbocycles. The lowest BCUT2D eigenvalue weighted by atomic mass is 10.00. The molecule has 1 unspecified atom stereocenters. The second-order valence-corrected chi connectivity index (χ2v) is 4.92. The number of hydrazine groups is 1. The molecule has 1 aromatic carbocycles. The maximum Gasteiger partial charge on any atom is 0.0773 e. The minimum atomic E-state index is -0.0183. The van der Waals surface area contributed by atoms with Crippen molar-refractivity contribution in [2.75, 3.05) is 0 Å². The second-order valence-electron chi connectivity index (χ2n) is 4.92. The molecule has 2 rings (SSSR count). The summed E-state index contributed by atoms with van der Waals surface area (Å²) in [6.07, 6.45) is 4.34. The first-order valence-corrected chi connectivity index (χ1v) is 6.41. The van der Waals surface area contributed by atoms with Gasteiger partial charge < -0.3 is 0 Å². The smallest absolute Gasteiger partial charge is 0.0773 e. The Morgan fingerprint density at radius 2 is 1.89 bits per heavy atom. The van der Waals surface area contributed by atoms with Crippen molar-refractivity contribution < 1.29 is 0 Å². The molecule has 0 saturated heterocycles. The number of nitrogens with zero attached hydrogens (tertiary/aromatic N) is 2. The molecule has 19 heavy (non-hydrogen) atoms. The predicted molar refractivity (Wildman–Crippen MR) is 76.5 cm³/mol. The van der Waals surface area contributed by atoms with E-state index >= 15 is 0 Å². The molecule has 0 aliphatic heterocycles. The first kappa shape index (κ1) is 13.6. The van der Waals surface area contributed by atoms with Crippen LogP contribution in [0.1, 0.15) is 34.1 Å². The average Bonchev–Trinajstić information content (AvgIpc) is 2.41. The molecule has 1 atom stereocenters. The topological polar surface area (TPSA) is 63.8 Å². The lowest BCUT2D eigenvalue weighted by molar-refractivity contribution is 0.535. The lowest BCUT2D eigenvalue weighted by Crippen LogP contribution is -2.30. The van der Waals surface area contributed by atoms with E-state index < -0.39 is 0 Å². The van der Waals surface area contributed by atoms with Gasteiger partial charge in [-0.1, -0.05) is 18.2 Å². The van der Waals surface area contributed by atoms with Crippen LogP contribution >= 0.6 is 0 Å². The number of rotatable bonds is 4. The van der Waals surface area contributed by atoms with Crippen molar-refractivity contribution >= 4 is 0 Å². The van der Waals surface area contributed by atoms with E-state index in [-0.39, 0.29) is 6.04 Å². The van der Waals surface area contributed by atoms with Gasteiger partial charge in [0.15, 0.2) is 0 Å². The molecule has 100 valence electrons. The third-order valence-corrected chi connectivity index (χ3v) is 3.37. The van der Waals surface area contributed by atoms with Crippen molar-refractivity contribution in [2.45, 2.75) is 33.2 Å². The summed E-state index contributed by atoms with van der Waals surface area (Å²) in [6, 6.07) is 6.45. The number of hydrogen-bond donors (Lipinski definition) is 2. The van der Waals surface area contributed by atoms with Crippen LogP contribution in [0.3, 0.4) is 0 Å². The number of nitrogens with two attached hydrogens (primary N) is 1. The molecule has 0 aliphatic rings. The van der Waals surface area contributed by atoms with Crippen molar-refractivity contribution in [3.05, 3.63) is 58.7 Å². The second kappa shape index (κ2) is 5.91. The van der Waals surface area contributed by atoms with Gasteiger partial charge in [0.25, 0.3) is 0 Å². The van der Waals surface area contributed by atoms with Crippen LogP contribution in [0.15, 0.2) is 30.6 Å². The molecular weight excluding hydrogens is 236 g/mol. The van der Waals surface area contributed by atoms with Crippen LogP contribution in [-0.4, -0.2) is 9.97 Å². The summed E-state index contributed by atoms with van der Waals surface area (Å²) in [5.41, 5.74) is 8.43. The molecule has 1 heterocycles. The standard InChI is InChI=1S/C15H20N4/c1-10-4-5-13(6-11(10)2)7-14(19-16)15-9-17-12(3)8-18-15/h4-6,8-9,14,19H,7,16H2,1-3H3. The zero-order valence-electron chi connectivity index (χ0n) is 11.6. The molecule has 0 saturated carbocycles. The molecule has 0 spiro atoms. The van der Waals surface area contributed by atoms with E-state index in [0.29, 0.717) is 0 Å². The maximum atomic E-state index is 5.64. The van der Waals surface area contributed by atoms with Crippen molar-refractivity contribution in [2.24, 2.45) is 5.84 Å². The fourth-order valence-electron chi connectivity index (χ4n) is 2.00. The van der Waals surface area contributed by atoms with Gasteiger partial charge in [-0.3, -0.25) is 21.2 Å². The summed E-state index contributed by atoms with van der Waals surface area (Å²) in [5, 5.41) is 0. The van der Waals surface area contributed by atoms with Crippen LogP contribution in [0, 0.1) is 20.8 Å². The molecule has 4 heteroatoms. The summed E-state index contributed by atoms with van der Waals surface area (Å²) < 4.78 is 0. The van der Waals surface area contributed by atoms with Gasteiger partial charge in [-0.05, 0) is 43.9 Å². The van der Waals surface area contributed by atoms with Gasteiger partial charge in [-0.25, -0.2) is 0 Å². The summed E-state index contributed by atoms with van der Waals surface area (Å²) in [5.74, 6) is 5.64. The molecule has 2 aromatic rings. The third-order valence-electron chi connectivity index (χ3n) is 3.37. The monoisotopic (exact) mass is 256 g/mol. The predicted octanol–water partition coefficient (Wildman–Crippen LogP) is 2.15. The summed E-state index contributed by atoms with van der Waals surface area (Å²) >= 11 is 0. The molecular formula is C15H20N4. The maximum absolute atomic E-state index is 5.64. The minimum Gasteiger partial charge on any atom is -0.271 e. The molecule has 0 radical (unpaired) electrons. The van der Waals surface area contributed by atoms with Gasteiger partial charge >= 0.3 is 0 Å². The quantitative estimate of drug-likeness (QED) is 0.650. The van der Waals surface area contributed by atoms with Crippen LogP contribution in [0.5, 0.6) is 0 Å². The van der Waals surface area contributed by atoms with E-state index in [4.69, 9.17) is 5.84 Å². The van der Waals surface area contributed by atoms with Crippen molar-refractivity contribution in [3.8, 4) is 0 Å². The van der Waals surface area contributed by atoms with Crippen molar-refractivity contribution in [1.29, 1.82) is 0 Å². The van der Waals surface area contributed by atoms with Gasteiger partial charge in [-0.15, -0.1) is 0 Å². The zero-order chi connectivity index (χ0) is 13.8. The number of aromatic nitrogens is 2. The Morgan fingerprint density at radius 3 is 2.47 bits per heavy atom. The normalized spacial score (nSPS) is 12.4. The Bertz CT molecular complexity index is 549. The first-order valence-electron chi connectivity index (χ1n) is 6.41. The largest absolute Gasteiger partial charge is 0.271 e. The summed E-state index contributed by atoms with van der Waals surface area (Å²) in [4.78, 5) is 8.64. The van der Waals surface area contributed by atoms with Crippen LogP contribution in [0.2, 0.25) is 0 Å². The Morgan fingerprint density at radius 1 is 1.11 bits per heavy atom.